The molecule has 2 aromatic heterocycles. The number of furan rings is 1. The van der Waals surface area contributed by atoms with Gasteiger partial charge in [-0.05, 0) is 84.5 Å². The minimum atomic E-state index is 0.630. The van der Waals surface area contributed by atoms with Gasteiger partial charge >= 0.3 is 0 Å². The fourth-order valence-electron chi connectivity index (χ4n) is 8.04. The van der Waals surface area contributed by atoms with Crippen molar-refractivity contribution < 1.29 is 4.42 Å². The average Bonchev–Trinajstić information content (AvgIpc) is 3.62. The Morgan fingerprint density at radius 1 is 0.302 bits per heavy atom. The van der Waals surface area contributed by atoms with Crippen molar-refractivity contribution in [1.29, 1.82) is 0 Å². The fourth-order valence-corrected chi connectivity index (χ4v) is 8.04. The Kier molecular flexibility index (Phi) is 6.52. The van der Waals surface area contributed by atoms with Crippen molar-refractivity contribution in [2.75, 3.05) is 0 Å². The van der Waals surface area contributed by atoms with Gasteiger partial charge in [-0.3, -0.25) is 0 Å². The second kappa shape index (κ2) is 11.7. The summed E-state index contributed by atoms with van der Waals surface area (Å²) in [5, 5.41) is 11.4. The first kappa shape index (κ1) is 29.5. The monoisotopic (exact) mass is 675 g/mol. The molecule has 0 atom stereocenters. The lowest BCUT2D eigenvalue weighted by Crippen LogP contribution is -2.01. The zero-order chi connectivity index (χ0) is 34.9. The number of fused-ring (bicyclic) bond motifs is 8. The number of rotatable bonds is 4. The Labute approximate surface area is 304 Å². The van der Waals surface area contributed by atoms with Crippen LogP contribution in [-0.2, 0) is 0 Å². The highest BCUT2D eigenvalue weighted by molar-refractivity contribution is 6.17. The molecule has 11 aromatic rings. The van der Waals surface area contributed by atoms with Crippen molar-refractivity contribution in [3.63, 3.8) is 0 Å². The van der Waals surface area contributed by atoms with Crippen molar-refractivity contribution in [3.8, 4) is 45.3 Å². The largest absolute Gasteiger partial charge is 0.456 e. The highest BCUT2D eigenvalue weighted by Gasteiger charge is 2.20. The number of aromatic nitrogens is 3. The number of hydrogen-bond donors (Lipinski definition) is 0. The number of hydrogen-bond acceptors (Lipinski definition) is 4. The summed E-state index contributed by atoms with van der Waals surface area (Å²) in [6.45, 7) is 0. The third-order valence-electron chi connectivity index (χ3n) is 10.5. The van der Waals surface area contributed by atoms with Gasteiger partial charge in [-0.1, -0.05) is 146 Å². The maximum absolute atomic E-state index is 6.29. The van der Waals surface area contributed by atoms with Crippen LogP contribution in [0.5, 0.6) is 0 Å². The SMILES string of the molecule is c1ccc2cc(-c3nc(-c4ccc(-c5cccc6oc7ccccc7c56)c5ccccc45)nc(-c4cc5ccccc5c5ccccc45)n3)ccc2c1. The first-order valence-electron chi connectivity index (χ1n) is 17.9. The lowest BCUT2D eigenvalue weighted by molar-refractivity contribution is 0.669. The third-order valence-corrected chi connectivity index (χ3v) is 10.5. The van der Waals surface area contributed by atoms with Crippen LogP contribution in [0.25, 0.3) is 110 Å². The summed E-state index contributed by atoms with van der Waals surface area (Å²) in [5.41, 5.74) is 6.89. The molecule has 0 unspecified atom stereocenters. The van der Waals surface area contributed by atoms with Gasteiger partial charge in [-0.15, -0.1) is 0 Å². The van der Waals surface area contributed by atoms with Crippen molar-refractivity contribution in [2.24, 2.45) is 0 Å². The van der Waals surface area contributed by atoms with E-state index < -0.39 is 0 Å². The van der Waals surface area contributed by atoms with E-state index >= 15 is 0 Å². The molecule has 11 rings (SSSR count). The first-order chi connectivity index (χ1) is 26.3. The van der Waals surface area contributed by atoms with E-state index in [9.17, 15) is 0 Å². The topological polar surface area (TPSA) is 51.8 Å². The number of para-hydroxylation sites is 1. The van der Waals surface area contributed by atoms with E-state index in [2.05, 4.69) is 158 Å². The minimum Gasteiger partial charge on any atom is -0.456 e. The predicted molar refractivity (Wildman–Crippen MR) is 219 cm³/mol. The Bertz CT molecular complexity index is 3250. The van der Waals surface area contributed by atoms with Crippen molar-refractivity contribution in [3.05, 3.63) is 176 Å². The molecular formula is C49H29N3O. The van der Waals surface area contributed by atoms with Crippen molar-refractivity contribution in [2.45, 2.75) is 0 Å². The summed E-state index contributed by atoms with van der Waals surface area (Å²) in [4.78, 5) is 15.8. The third kappa shape index (κ3) is 4.73. The van der Waals surface area contributed by atoms with Gasteiger partial charge in [-0.2, -0.15) is 0 Å². The van der Waals surface area contributed by atoms with Crippen LogP contribution in [-0.4, -0.2) is 15.0 Å². The van der Waals surface area contributed by atoms with Crippen molar-refractivity contribution in [1.82, 2.24) is 15.0 Å². The normalized spacial score (nSPS) is 11.8. The quantitative estimate of drug-likeness (QED) is 0.174. The highest BCUT2D eigenvalue weighted by atomic mass is 16.3. The molecule has 0 N–H and O–H groups in total. The summed E-state index contributed by atoms with van der Waals surface area (Å²) in [5.74, 6) is 1.91. The van der Waals surface area contributed by atoms with Gasteiger partial charge in [0.1, 0.15) is 11.2 Å². The van der Waals surface area contributed by atoms with Gasteiger partial charge in [0.2, 0.25) is 0 Å². The summed E-state index contributed by atoms with van der Waals surface area (Å²) in [7, 11) is 0. The van der Waals surface area contributed by atoms with E-state index in [1.54, 1.807) is 0 Å². The second-order valence-corrected chi connectivity index (χ2v) is 13.5. The fraction of sp³-hybridized carbons (Fsp3) is 0. The molecule has 0 radical (unpaired) electrons. The molecule has 2 heterocycles. The van der Waals surface area contributed by atoms with Crippen LogP contribution in [0.4, 0.5) is 0 Å². The molecule has 4 heteroatoms. The van der Waals surface area contributed by atoms with E-state index in [1.807, 2.05) is 18.2 Å². The van der Waals surface area contributed by atoms with Crippen LogP contribution >= 0.6 is 0 Å². The van der Waals surface area contributed by atoms with Gasteiger partial charge in [0, 0.05) is 27.5 Å². The van der Waals surface area contributed by atoms with E-state index in [1.165, 1.54) is 16.2 Å². The molecule has 0 bridgehead atoms. The molecule has 4 nitrogen and oxygen atoms in total. The summed E-state index contributed by atoms with van der Waals surface area (Å²) in [6.07, 6.45) is 0. The molecule has 9 aromatic carbocycles. The maximum Gasteiger partial charge on any atom is 0.164 e. The molecule has 0 saturated carbocycles. The van der Waals surface area contributed by atoms with Crippen LogP contribution in [0.1, 0.15) is 0 Å². The van der Waals surface area contributed by atoms with Gasteiger partial charge < -0.3 is 4.42 Å². The first-order valence-corrected chi connectivity index (χ1v) is 17.9. The molecule has 53 heavy (non-hydrogen) atoms. The minimum absolute atomic E-state index is 0.630. The van der Waals surface area contributed by atoms with Crippen LogP contribution in [0.15, 0.2) is 180 Å². The van der Waals surface area contributed by atoms with E-state index in [0.29, 0.717) is 17.5 Å². The molecule has 0 saturated heterocycles. The molecule has 246 valence electrons. The summed E-state index contributed by atoms with van der Waals surface area (Å²) >= 11 is 0. The lowest BCUT2D eigenvalue weighted by Gasteiger charge is -2.15. The van der Waals surface area contributed by atoms with Crippen LogP contribution in [0.3, 0.4) is 0 Å². The zero-order valence-corrected chi connectivity index (χ0v) is 28.5. The Hall–Kier alpha value is -7.17. The molecule has 0 fully saturated rings. The summed E-state index contributed by atoms with van der Waals surface area (Å²) in [6, 6.07) is 61.6. The van der Waals surface area contributed by atoms with Crippen LogP contribution < -0.4 is 0 Å². The van der Waals surface area contributed by atoms with Crippen molar-refractivity contribution >= 4 is 65.0 Å². The van der Waals surface area contributed by atoms with Gasteiger partial charge in [0.05, 0.1) is 0 Å². The summed E-state index contributed by atoms with van der Waals surface area (Å²) < 4.78 is 6.29. The Morgan fingerprint density at radius 3 is 1.68 bits per heavy atom. The molecule has 0 amide bonds. The number of benzene rings is 9. The highest BCUT2D eigenvalue weighted by Crippen LogP contribution is 2.42. The van der Waals surface area contributed by atoms with E-state index in [0.717, 1.165) is 76.7 Å². The van der Waals surface area contributed by atoms with E-state index in [4.69, 9.17) is 19.4 Å². The predicted octanol–water partition coefficient (Wildman–Crippen LogP) is 13.1. The number of nitrogens with zero attached hydrogens (tertiary/aromatic N) is 3. The molecule has 0 aliphatic rings. The second-order valence-electron chi connectivity index (χ2n) is 13.5. The van der Waals surface area contributed by atoms with Gasteiger partial charge in [-0.25, -0.2) is 15.0 Å². The Balaban J connectivity index is 1.18. The average molecular weight is 676 g/mol. The molecule has 0 aliphatic carbocycles. The molecular weight excluding hydrogens is 647 g/mol. The molecule has 0 spiro atoms. The zero-order valence-electron chi connectivity index (χ0n) is 28.5. The van der Waals surface area contributed by atoms with E-state index in [-0.39, 0.29) is 0 Å². The van der Waals surface area contributed by atoms with Gasteiger partial charge in [0.25, 0.3) is 0 Å². The Morgan fingerprint density at radius 2 is 0.868 bits per heavy atom. The molecule has 0 aliphatic heterocycles. The van der Waals surface area contributed by atoms with Crippen LogP contribution in [0, 0.1) is 0 Å². The lowest BCUT2D eigenvalue weighted by atomic mass is 9.92. The smallest absolute Gasteiger partial charge is 0.164 e. The maximum atomic E-state index is 6.29. The van der Waals surface area contributed by atoms with Crippen LogP contribution in [0.2, 0.25) is 0 Å². The standard InChI is InChI=1S/C49H29N3O/c1-2-13-31-28-33(25-24-30(31)12-1)47-50-48(52-49(51-47)43-29-32-14-3-4-15-34(32)35-16-5-8-19-38(35)43)41-27-26-39(36-17-6-7-18-37(36)41)40-21-11-23-45-46(40)42-20-9-10-22-44(42)53-45/h1-29H. The van der Waals surface area contributed by atoms with Gasteiger partial charge in [0.15, 0.2) is 17.5 Å².